The molecule has 7 nitrogen and oxygen atoms in total. The van der Waals surface area contributed by atoms with E-state index in [1.807, 2.05) is 18.2 Å². The molecule has 25 heavy (non-hydrogen) atoms. The molecule has 1 saturated heterocycles. The fraction of sp³-hybridized carbons (Fsp3) is 0.556. The maximum absolute atomic E-state index is 12.2. The fourth-order valence-corrected chi connectivity index (χ4v) is 3.37. The van der Waals surface area contributed by atoms with E-state index in [4.69, 9.17) is 4.74 Å². The third-order valence-electron chi connectivity index (χ3n) is 4.70. The van der Waals surface area contributed by atoms with Crippen molar-refractivity contribution in [1.82, 2.24) is 4.90 Å². The van der Waals surface area contributed by atoms with Crippen molar-refractivity contribution in [2.24, 2.45) is 0 Å². The maximum atomic E-state index is 12.2. The van der Waals surface area contributed by atoms with Gasteiger partial charge in [-0.15, -0.1) is 0 Å². The van der Waals surface area contributed by atoms with Gasteiger partial charge in [-0.05, 0) is 30.9 Å². The Kier molecular flexibility index (Phi) is 5.55. The predicted molar refractivity (Wildman–Crippen MR) is 91.3 cm³/mol. The van der Waals surface area contributed by atoms with Gasteiger partial charge in [0.1, 0.15) is 5.75 Å². The summed E-state index contributed by atoms with van der Waals surface area (Å²) in [5, 5.41) is 21.7. The molecule has 0 aromatic heterocycles. The molecule has 1 aromatic carbocycles. The van der Waals surface area contributed by atoms with Crippen LogP contribution < -0.4 is 10.1 Å². The number of aliphatic hydroxyl groups is 2. The summed E-state index contributed by atoms with van der Waals surface area (Å²) < 4.78 is 5.67. The summed E-state index contributed by atoms with van der Waals surface area (Å²) in [5.41, 5.74) is 1.89. The van der Waals surface area contributed by atoms with Crippen molar-refractivity contribution in [3.8, 4) is 5.75 Å². The van der Waals surface area contributed by atoms with Gasteiger partial charge in [-0.3, -0.25) is 9.59 Å². The lowest BCUT2D eigenvalue weighted by atomic mass is 10.0. The quantitative estimate of drug-likeness (QED) is 0.657. The predicted octanol–water partition coefficient (Wildman–Crippen LogP) is 0.684. The van der Waals surface area contributed by atoms with Crippen molar-refractivity contribution in [3.05, 3.63) is 23.8 Å². The highest BCUT2D eigenvalue weighted by Gasteiger charge is 2.33. The number of fused-ring (bicyclic) bond motifs is 1. The highest BCUT2D eigenvalue weighted by Crippen LogP contribution is 2.27. The number of β-amino-alcohol motifs (C(OH)–C–C–N with tert-alkyl or cyclic N) is 1. The summed E-state index contributed by atoms with van der Waals surface area (Å²) in [5.74, 6) is 0.608. The Morgan fingerprint density at radius 3 is 3.00 bits per heavy atom. The van der Waals surface area contributed by atoms with Crippen LogP contribution in [0, 0.1) is 0 Å². The molecule has 136 valence electrons. The Labute approximate surface area is 146 Å². The van der Waals surface area contributed by atoms with Crippen molar-refractivity contribution >= 4 is 17.5 Å². The zero-order valence-electron chi connectivity index (χ0n) is 14.1. The molecule has 3 rings (SSSR count). The largest absolute Gasteiger partial charge is 0.494 e. The SMILES string of the molecule is O=C1CCc2ccc(OCCCC(=O)N3C[C@H](O)C[C@H]3CO)cc2N1. The number of nitrogens with one attached hydrogen (secondary N) is 1. The Morgan fingerprint density at radius 1 is 1.36 bits per heavy atom. The summed E-state index contributed by atoms with van der Waals surface area (Å²) in [6.45, 7) is 0.550. The summed E-state index contributed by atoms with van der Waals surface area (Å²) in [6.07, 6.45) is 1.99. The minimum Gasteiger partial charge on any atom is -0.494 e. The zero-order valence-corrected chi connectivity index (χ0v) is 14.1. The lowest BCUT2D eigenvalue weighted by Gasteiger charge is -2.22. The van der Waals surface area contributed by atoms with E-state index in [2.05, 4.69) is 5.32 Å². The smallest absolute Gasteiger partial charge is 0.224 e. The Bertz CT molecular complexity index is 648. The Balaban J connectivity index is 1.45. The van der Waals surface area contributed by atoms with Crippen LogP contribution in [0.1, 0.15) is 31.2 Å². The van der Waals surface area contributed by atoms with Gasteiger partial charge >= 0.3 is 0 Å². The van der Waals surface area contributed by atoms with Gasteiger partial charge in [0, 0.05) is 31.1 Å². The molecule has 2 aliphatic heterocycles. The lowest BCUT2D eigenvalue weighted by Crippen LogP contribution is -2.38. The normalized spacial score (nSPS) is 22.5. The molecule has 3 N–H and O–H groups in total. The molecular weight excluding hydrogens is 324 g/mol. The average molecular weight is 348 g/mol. The van der Waals surface area contributed by atoms with Crippen LogP contribution in [0.2, 0.25) is 0 Å². The topological polar surface area (TPSA) is 99.1 Å². The van der Waals surface area contributed by atoms with E-state index in [-0.39, 0.29) is 31.0 Å². The second-order valence-corrected chi connectivity index (χ2v) is 6.59. The van der Waals surface area contributed by atoms with E-state index >= 15 is 0 Å². The number of benzene rings is 1. The number of likely N-dealkylation sites (tertiary alicyclic amines) is 1. The number of rotatable bonds is 6. The van der Waals surface area contributed by atoms with Gasteiger partial charge in [0.2, 0.25) is 11.8 Å². The standard InChI is InChI=1S/C18H24N2O5/c21-11-13-8-14(22)10-20(13)18(24)2-1-7-25-15-5-3-12-4-6-17(23)19-16(12)9-15/h3,5,9,13-14,21-22H,1-2,4,6-8,10-11H2,(H,19,23)/t13-,14+/m0/s1. The third-order valence-corrected chi connectivity index (χ3v) is 4.70. The fourth-order valence-electron chi connectivity index (χ4n) is 3.37. The molecule has 0 aliphatic carbocycles. The van der Waals surface area contributed by atoms with Gasteiger partial charge in [0.15, 0.2) is 0 Å². The van der Waals surface area contributed by atoms with Crippen LogP contribution in [0.5, 0.6) is 5.75 Å². The van der Waals surface area contributed by atoms with Crippen LogP contribution in [0.3, 0.4) is 0 Å². The molecule has 2 amide bonds. The van der Waals surface area contributed by atoms with Crippen molar-refractivity contribution in [3.63, 3.8) is 0 Å². The monoisotopic (exact) mass is 348 g/mol. The molecule has 0 bridgehead atoms. The van der Waals surface area contributed by atoms with Crippen molar-refractivity contribution in [1.29, 1.82) is 0 Å². The number of aliphatic hydroxyl groups excluding tert-OH is 2. The molecule has 0 unspecified atom stereocenters. The maximum Gasteiger partial charge on any atom is 0.224 e. The number of aryl methyl sites for hydroxylation is 1. The molecule has 0 saturated carbocycles. The minimum absolute atomic E-state index is 0.0153. The van der Waals surface area contributed by atoms with E-state index < -0.39 is 6.10 Å². The zero-order chi connectivity index (χ0) is 17.8. The molecule has 2 aliphatic rings. The van der Waals surface area contributed by atoms with E-state index in [1.165, 1.54) is 0 Å². The molecule has 1 fully saturated rings. The first kappa shape index (κ1) is 17.7. The second kappa shape index (κ2) is 7.84. The van der Waals surface area contributed by atoms with Gasteiger partial charge in [0.05, 0.1) is 25.4 Å². The van der Waals surface area contributed by atoms with Crippen LogP contribution in [0.4, 0.5) is 5.69 Å². The van der Waals surface area contributed by atoms with Crippen LogP contribution in [-0.2, 0) is 16.0 Å². The van der Waals surface area contributed by atoms with Crippen molar-refractivity contribution in [2.75, 3.05) is 25.1 Å². The number of ether oxygens (including phenoxy) is 1. The van der Waals surface area contributed by atoms with Gasteiger partial charge < -0.3 is 25.2 Å². The summed E-state index contributed by atoms with van der Waals surface area (Å²) >= 11 is 0. The van der Waals surface area contributed by atoms with Gasteiger partial charge in [-0.2, -0.15) is 0 Å². The second-order valence-electron chi connectivity index (χ2n) is 6.59. The van der Waals surface area contributed by atoms with E-state index in [9.17, 15) is 19.8 Å². The molecule has 0 spiro atoms. The van der Waals surface area contributed by atoms with Gasteiger partial charge in [-0.1, -0.05) is 6.07 Å². The van der Waals surface area contributed by atoms with Crippen LogP contribution in [0.25, 0.3) is 0 Å². The van der Waals surface area contributed by atoms with Gasteiger partial charge in [0.25, 0.3) is 0 Å². The van der Waals surface area contributed by atoms with Crippen molar-refractivity contribution < 1.29 is 24.5 Å². The molecule has 1 aromatic rings. The summed E-state index contributed by atoms with van der Waals surface area (Å²) in [4.78, 5) is 25.2. The number of anilines is 1. The average Bonchev–Trinajstić information content (AvgIpc) is 2.99. The first-order chi connectivity index (χ1) is 12.1. The highest BCUT2D eigenvalue weighted by atomic mass is 16.5. The molecular formula is C18H24N2O5. The molecule has 2 atom stereocenters. The molecule has 0 radical (unpaired) electrons. The first-order valence-corrected chi connectivity index (χ1v) is 8.71. The lowest BCUT2D eigenvalue weighted by molar-refractivity contribution is -0.133. The van der Waals surface area contributed by atoms with E-state index in [1.54, 1.807) is 4.90 Å². The highest BCUT2D eigenvalue weighted by molar-refractivity contribution is 5.94. The number of hydrogen-bond acceptors (Lipinski definition) is 5. The van der Waals surface area contributed by atoms with Gasteiger partial charge in [-0.25, -0.2) is 0 Å². The molecule has 7 heteroatoms. The molecule has 2 heterocycles. The van der Waals surface area contributed by atoms with Crippen LogP contribution >= 0.6 is 0 Å². The Hall–Kier alpha value is -2.12. The van der Waals surface area contributed by atoms with E-state index in [0.717, 1.165) is 17.7 Å². The Morgan fingerprint density at radius 2 is 2.20 bits per heavy atom. The number of amides is 2. The summed E-state index contributed by atoms with van der Waals surface area (Å²) in [7, 11) is 0. The minimum atomic E-state index is -0.553. The van der Waals surface area contributed by atoms with Crippen LogP contribution in [0.15, 0.2) is 18.2 Å². The van der Waals surface area contributed by atoms with Crippen LogP contribution in [-0.4, -0.2) is 58.8 Å². The van der Waals surface area contributed by atoms with E-state index in [0.29, 0.717) is 38.0 Å². The van der Waals surface area contributed by atoms with Crippen molar-refractivity contribution in [2.45, 2.75) is 44.2 Å². The number of nitrogens with zero attached hydrogens (tertiary/aromatic N) is 1. The first-order valence-electron chi connectivity index (χ1n) is 8.71. The number of hydrogen-bond donors (Lipinski definition) is 3. The third kappa shape index (κ3) is 4.29. The number of carbonyl (C=O) groups excluding carboxylic acids is 2. The summed E-state index contributed by atoms with van der Waals surface area (Å²) in [6, 6.07) is 5.35. The number of carbonyl (C=O) groups is 2.